The number of aromatic nitrogens is 2. The van der Waals surface area contributed by atoms with E-state index >= 15 is 0 Å². The number of anilines is 3. The highest BCUT2D eigenvalue weighted by Gasteiger charge is 2.16. The van der Waals surface area contributed by atoms with Gasteiger partial charge in [-0.2, -0.15) is 0 Å². The van der Waals surface area contributed by atoms with Gasteiger partial charge in [0.05, 0.1) is 23.0 Å². The fourth-order valence-corrected chi connectivity index (χ4v) is 4.79. The maximum atomic E-state index is 13.7. The summed E-state index contributed by atoms with van der Waals surface area (Å²) in [7, 11) is 0. The molecule has 3 rings (SSSR count). The lowest BCUT2D eigenvalue weighted by molar-refractivity contribution is -0.113. The lowest BCUT2D eigenvalue weighted by atomic mass is 10.3. The Hall–Kier alpha value is -2.50. The van der Waals surface area contributed by atoms with Crippen molar-refractivity contribution in [1.29, 1.82) is 0 Å². The van der Waals surface area contributed by atoms with Crippen LogP contribution in [0, 0.1) is 12.7 Å². The Bertz CT molecular complexity index is 1020. The van der Waals surface area contributed by atoms with Crippen molar-refractivity contribution in [3.63, 3.8) is 0 Å². The molecular formula is C18H17FN4O3S3. The number of hydrogen-bond donors (Lipinski definition) is 2. The topological polar surface area (TPSA) is 93.2 Å². The predicted molar refractivity (Wildman–Crippen MR) is 114 cm³/mol. The summed E-state index contributed by atoms with van der Waals surface area (Å²) >= 11 is 3.62. The Kier molecular flexibility index (Phi) is 7.18. The van der Waals surface area contributed by atoms with E-state index in [2.05, 4.69) is 20.8 Å². The summed E-state index contributed by atoms with van der Waals surface area (Å²) in [6.07, 6.45) is 0. The Labute approximate surface area is 178 Å². The van der Waals surface area contributed by atoms with E-state index in [0.717, 1.165) is 5.56 Å². The third-order valence-electron chi connectivity index (χ3n) is 3.49. The monoisotopic (exact) mass is 452 g/mol. The van der Waals surface area contributed by atoms with Crippen LogP contribution < -0.4 is 10.6 Å². The van der Waals surface area contributed by atoms with Crippen molar-refractivity contribution in [2.75, 3.05) is 23.0 Å². The fourth-order valence-electron chi connectivity index (χ4n) is 2.24. The van der Waals surface area contributed by atoms with Crippen LogP contribution >= 0.6 is 34.4 Å². The second-order valence-electron chi connectivity index (χ2n) is 5.66. The molecule has 7 nitrogen and oxygen atoms in total. The van der Waals surface area contributed by atoms with Crippen LogP contribution in [-0.4, -0.2) is 34.4 Å². The Morgan fingerprint density at radius 1 is 1.24 bits per heavy atom. The van der Waals surface area contributed by atoms with Crippen molar-refractivity contribution < 1.29 is 18.7 Å². The van der Waals surface area contributed by atoms with Crippen molar-refractivity contribution >= 4 is 62.1 Å². The first-order valence-electron chi connectivity index (χ1n) is 8.51. The van der Waals surface area contributed by atoms with Crippen LogP contribution in [0.2, 0.25) is 0 Å². The first-order chi connectivity index (χ1) is 14.0. The van der Waals surface area contributed by atoms with E-state index in [0.29, 0.717) is 31.6 Å². The molecule has 2 heterocycles. The number of esters is 1. The Balaban J connectivity index is 1.52. The fraction of sp³-hybridized carbons (Fsp3) is 0.222. The summed E-state index contributed by atoms with van der Waals surface area (Å²) in [6.45, 7) is 3.83. The number of rotatable bonds is 8. The van der Waals surface area contributed by atoms with Crippen molar-refractivity contribution in [2.45, 2.75) is 18.2 Å². The largest absolute Gasteiger partial charge is 0.462 e. The molecule has 0 aliphatic rings. The number of carbonyl (C=O) groups excluding carboxylic acids is 2. The summed E-state index contributed by atoms with van der Waals surface area (Å²) in [5, 5.41) is 14.6. The molecule has 0 atom stereocenters. The molecule has 2 aromatic heterocycles. The van der Waals surface area contributed by atoms with Crippen LogP contribution in [0.25, 0.3) is 0 Å². The second-order valence-corrected chi connectivity index (χ2v) is 8.91. The van der Waals surface area contributed by atoms with Gasteiger partial charge in [-0.15, -0.1) is 21.5 Å². The van der Waals surface area contributed by atoms with Crippen molar-refractivity contribution in [2.24, 2.45) is 0 Å². The molecule has 1 aromatic carbocycles. The number of nitrogens with zero attached hydrogens (tertiary/aromatic N) is 2. The van der Waals surface area contributed by atoms with E-state index in [1.54, 1.807) is 38.1 Å². The van der Waals surface area contributed by atoms with Gasteiger partial charge < -0.3 is 15.4 Å². The number of carbonyl (C=O) groups is 2. The van der Waals surface area contributed by atoms with Crippen molar-refractivity contribution in [3.05, 3.63) is 46.6 Å². The minimum atomic E-state index is -0.395. The summed E-state index contributed by atoms with van der Waals surface area (Å²) in [4.78, 5) is 24.5. The molecule has 11 heteroatoms. The molecule has 29 heavy (non-hydrogen) atoms. The Morgan fingerprint density at radius 3 is 2.79 bits per heavy atom. The van der Waals surface area contributed by atoms with Gasteiger partial charge in [0.1, 0.15) is 10.7 Å². The van der Waals surface area contributed by atoms with Crippen LogP contribution in [0.15, 0.2) is 34.7 Å². The highest BCUT2D eigenvalue weighted by atomic mass is 32.2. The molecule has 0 spiro atoms. The number of benzene rings is 1. The minimum Gasteiger partial charge on any atom is -0.462 e. The summed E-state index contributed by atoms with van der Waals surface area (Å²) in [6, 6.07) is 8.01. The van der Waals surface area contributed by atoms with Crippen LogP contribution in [-0.2, 0) is 9.53 Å². The number of thioether (sulfide) groups is 1. The normalized spacial score (nSPS) is 10.6. The number of halogens is 1. The lowest BCUT2D eigenvalue weighted by Gasteiger charge is -2.02. The van der Waals surface area contributed by atoms with Gasteiger partial charge in [0.2, 0.25) is 11.0 Å². The van der Waals surface area contributed by atoms with E-state index in [9.17, 15) is 14.0 Å². The lowest BCUT2D eigenvalue weighted by Crippen LogP contribution is -2.12. The maximum absolute atomic E-state index is 13.7. The predicted octanol–water partition coefficient (Wildman–Crippen LogP) is 4.70. The molecule has 0 saturated heterocycles. The van der Waals surface area contributed by atoms with Gasteiger partial charge in [0, 0.05) is 0 Å². The highest BCUT2D eigenvalue weighted by Crippen LogP contribution is 2.30. The van der Waals surface area contributed by atoms with Gasteiger partial charge >= 0.3 is 5.97 Å². The van der Waals surface area contributed by atoms with Crippen molar-refractivity contribution in [1.82, 2.24) is 10.2 Å². The number of nitrogens with one attached hydrogen (secondary N) is 2. The third kappa shape index (κ3) is 5.75. The van der Waals surface area contributed by atoms with E-state index in [4.69, 9.17) is 4.74 Å². The van der Waals surface area contributed by atoms with E-state index < -0.39 is 5.97 Å². The molecule has 0 unspecified atom stereocenters. The molecule has 0 radical (unpaired) electrons. The summed E-state index contributed by atoms with van der Waals surface area (Å²) in [5.41, 5.74) is 1.06. The molecule has 0 aliphatic heterocycles. The van der Waals surface area contributed by atoms with Crippen LogP contribution in [0.3, 0.4) is 0 Å². The van der Waals surface area contributed by atoms with Gasteiger partial charge in [-0.25, -0.2) is 9.18 Å². The quantitative estimate of drug-likeness (QED) is 0.378. The van der Waals surface area contributed by atoms with Crippen molar-refractivity contribution in [3.8, 4) is 0 Å². The van der Waals surface area contributed by atoms with E-state index in [1.807, 2.05) is 0 Å². The first-order valence-corrected chi connectivity index (χ1v) is 11.1. The minimum absolute atomic E-state index is 0.125. The molecule has 1 amide bonds. The molecule has 152 valence electrons. The number of hydrogen-bond acceptors (Lipinski definition) is 9. The number of amides is 1. The molecule has 0 aliphatic carbocycles. The van der Waals surface area contributed by atoms with Crippen LogP contribution in [0.4, 0.5) is 20.2 Å². The number of aryl methyl sites for hydroxylation is 1. The van der Waals surface area contributed by atoms with Gasteiger partial charge in [-0.1, -0.05) is 35.2 Å². The van der Waals surface area contributed by atoms with Gasteiger partial charge in [-0.05, 0) is 37.6 Å². The maximum Gasteiger partial charge on any atom is 0.348 e. The number of ether oxygens (including phenoxy) is 1. The zero-order chi connectivity index (χ0) is 20.8. The van der Waals surface area contributed by atoms with Gasteiger partial charge in [0.15, 0.2) is 4.34 Å². The van der Waals surface area contributed by atoms with Crippen LogP contribution in [0.5, 0.6) is 0 Å². The SMILES string of the molecule is CCOC(=O)c1sc(NC(=O)CSc2nnc(Nc3ccccc3F)s2)cc1C. The highest BCUT2D eigenvalue weighted by molar-refractivity contribution is 8.01. The van der Waals surface area contributed by atoms with Gasteiger partial charge in [0.25, 0.3) is 0 Å². The van der Waals surface area contributed by atoms with E-state index in [1.165, 1.54) is 40.5 Å². The molecule has 2 N–H and O–H groups in total. The van der Waals surface area contributed by atoms with Gasteiger partial charge in [-0.3, -0.25) is 4.79 Å². The third-order valence-corrected chi connectivity index (χ3v) is 6.59. The molecule has 0 saturated carbocycles. The molecular weight excluding hydrogens is 435 g/mol. The summed E-state index contributed by atoms with van der Waals surface area (Å²) < 4.78 is 19.2. The zero-order valence-electron chi connectivity index (χ0n) is 15.5. The standard InChI is InChI=1S/C18H17FN4O3S3/c1-3-26-16(25)15-10(2)8-14(28-15)21-13(24)9-27-18-23-22-17(29-18)20-12-7-5-4-6-11(12)19/h4-8H,3,9H2,1-2H3,(H,20,22)(H,21,24). The van der Waals surface area contributed by atoms with E-state index in [-0.39, 0.29) is 17.5 Å². The number of para-hydroxylation sites is 1. The average molecular weight is 453 g/mol. The molecule has 0 bridgehead atoms. The average Bonchev–Trinajstić information content (AvgIpc) is 3.28. The molecule has 3 aromatic rings. The summed E-state index contributed by atoms with van der Waals surface area (Å²) in [5.74, 6) is -0.885. The van der Waals surface area contributed by atoms with Crippen LogP contribution in [0.1, 0.15) is 22.2 Å². The Morgan fingerprint density at radius 2 is 2.03 bits per heavy atom. The first kappa shape index (κ1) is 21.2. The smallest absolute Gasteiger partial charge is 0.348 e. The number of thiophene rings is 1. The molecule has 0 fully saturated rings. The second kappa shape index (κ2) is 9.81. The zero-order valence-corrected chi connectivity index (χ0v) is 18.0.